The van der Waals surface area contributed by atoms with Crippen molar-refractivity contribution in [1.29, 1.82) is 0 Å². The van der Waals surface area contributed by atoms with Crippen LogP contribution in [0.5, 0.6) is 0 Å². The minimum Gasteiger partial charge on any atom is -0.372 e. The van der Waals surface area contributed by atoms with Crippen LogP contribution in [-0.4, -0.2) is 61.9 Å². The molecule has 0 radical (unpaired) electrons. The molecule has 2 atom stereocenters. The van der Waals surface area contributed by atoms with Gasteiger partial charge in [-0.25, -0.2) is 8.42 Å². The molecule has 156 valence electrons. The average molecular weight is 417 g/mol. The number of morpholine rings is 1. The number of hydrogen-bond acceptors (Lipinski definition) is 4. The second-order valence-electron chi connectivity index (χ2n) is 8.19. The Morgan fingerprint density at radius 2 is 1.59 bits per heavy atom. The highest BCUT2D eigenvalue weighted by molar-refractivity contribution is 7.89. The van der Waals surface area contributed by atoms with Crippen LogP contribution < -0.4 is 0 Å². The Kier molecular flexibility index (Phi) is 5.64. The van der Waals surface area contributed by atoms with Gasteiger partial charge in [0.25, 0.3) is 0 Å². The topological polar surface area (TPSA) is 66.9 Å². The molecule has 2 fully saturated rings. The van der Waals surface area contributed by atoms with Crippen LogP contribution in [-0.2, 0) is 19.6 Å². The van der Waals surface area contributed by atoms with Crippen LogP contribution in [0.15, 0.2) is 47.4 Å². The molecule has 6 nitrogen and oxygen atoms in total. The van der Waals surface area contributed by atoms with Crippen LogP contribution in [0.2, 0.25) is 0 Å². The summed E-state index contributed by atoms with van der Waals surface area (Å²) in [6.45, 7) is 5.93. The molecule has 7 heteroatoms. The average Bonchev–Trinajstić information content (AvgIpc) is 2.72. The third kappa shape index (κ3) is 4.17. The van der Waals surface area contributed by atoms with Crippen molar-refractivity contribution < 1.29 is 17.9 Å². The van der Waals surface area contributed by atoms with E-state index in [0.29, 0.717) is 43.9 Å². The first-order valence-corrected chi connectivity index (χ1v) is 11.7. The lowest BCUT2D eigenvalue weighted by molar-refractivity contribution is -0.148. The lowest BCUT2D eigenvalue weighted by Gasteiger charge is -2.39. The van der Waals surface area contributed by atoms with Crippen LogP contribution in [0, 0.1) is 5.92 Å². The van der Waals surface area contributed by atoms with Gasteiger partial charge in [0, 0.05) is 32.1 Å². The second-order valence-corrected chi connectivity index (χ2v) is 10.1. The maximum Gasteiger partial charge on any atom is 0.243 e. The molecule has 0 aromatic heterocycles. The highest BCUT2D eigenvalue weighted by atomic mass is 32.2. The lowest BCUT2D eigenvalue weighted by Crippen LogP contribution is -2.51. The quantitative estimate of drug-likeness (QED) is 0.772. The Morgan fingerprint density at radius 1 is 0.966 bits per heavy atom. The van der Waals surface area contributed by atoms with E-state index in [-0.39, 0.29) is 24.0 Å². The van der Waals surface area contributed by atoms with Gasteiger partial charge in [0.05, 0.1) is 17.1 Å². The predicted molar refractivity (Wildman–Crippen MR) is 112 cm³/mol. The summed E-state index contributed by atoms with van der Waals surface area (Å²) in [4.78, 5) is 15.1. The summed E-state index contributed by atoms with van der Waals surface area (Å²) in [6.07, 6.45) is 1.20. The molecule has 2 aliphatic heterocycles. The van der Waals surface area contributed by atoms with E-state index < -0.39 is 10.0 Å². The number of piperidine rings is 1. The number of rotatable bonds is 3. The zero-order chi connectivity index (χ0) is 20.6. The molecule has 0 bridgehead atoms. The van der Waals surface area contributed by atoms with Crippen LogP contribution in [0.3, 0.4) is 0 Å². The molecule has 1 amide bonds. The fourth-order valence-corrected chi connectivity index (χ4v) is 5.94. The number of fused-ring (bicyclic) bond motifs is 1. The number of sulfonamides is 1. The molecule has 2 unspecified atom stereocenters. The smallest absolute Gasteiger partial charge is 0.243 e. The standard InChI is InChI=1S/C22H28N2O4S/c1-16-14-23(15-17(2)28-16)22(25)19-9-11-24(12-10-19)29(26,27)21-8-7-18-5-3-4-6-20(18)13-21/h3-8,13,16-17,19H,9-12,14-15H2,1-2H3. The van der Waals surface area contributed by atoms with Gasteiger partial charge in [-0.3, -0.25) is 4.79 Å². The van der Waals surface area contributed by atoms with Crippen molar-refractivity contribution in [2.75, 3.05) is 26.2 Å². The van der Waals surface area contributed by atoms with E-state index in [1.54, 1.807) is 12.1 Å². The molecule has 2 aromatic rings. The molecule has 2 heterocycles. The molecule has 2 aromatic carbocycles. The Morgan fingerprint density at radius 3 is 2.24 bits per heavy atom. The lowest BCUT2D eigenvalue weighted by atomic mass is 9.96. The summed E-state index contributed by atoms with van der Waals surface area (Å²) >= 11 is 0. The molecule has 2 saturated heterocycles. The van der Waals surface area contributed by atoms with Crippen molar-refractivity contribution in [3.63, 3.8) is 0 Å². The van der Waals surface area contributed by atoms with Crippen LogP contribution in [0.25, 0.3) is 10.8 Å². The summed E-state index contributed by atoms with van der Waals surface area (Å²) in [6, 6.07) is 13.0. The minimum atomic E-state index is -3.56. The van der Waals surface area contributed by atoms with Crippen molar-refractivity contribution in [2.45, 2.75) is 43.8 Å². The summed E-state index contributed by atoms with van der Waals surface area (Å²) in [5.74, 6) is 0.0188. The third-order valence-electron chi connectivity index (χ3n) is 5.89. The highest BCUT2D eigenvalue weighted by Crippen LogP contribution is 2.27. The van der Waals surface area contributed by atoms with Crippen molar-refractivity contribution in [1.82, 2.24) is 9.21 Å². The Balaban J connectivity index is 1.43. The number of nitrogens with zero attached hydrogens (tertiary/aromatic N) is 2. The molecule has 0 spiro atoms. The van der Waals surface area contributed by atoms with Crippen LogP contribution in [0.1, 0.15) is 26.7 Å². The first-order chi connectivity index (χ1) is 13.8. The molecular weight excluding hydrogens is 388 g/mol. The number of carbonyl (C=O) groups excluding carboxylic acids is 1. The van der Waals surface area contributed by atoms with E-state index in [1.807, 2.05) is 49.1 Å². The highest BCUT2D eigenvalue weighted by Gasteiger charge is 2.35. The van der Waals surface area contributed by atoms with Gasteiger partial charge in [-0.1, -0.05) is 30.3 Å². The molecule has 0 aliphatic carbocycles. The predicted octanol–water partition coefficient (Wildman–Crippen LogP) is 2.88. The minimum absolute atomic E-state index is 0.0380. The zero-order valence-electron chi connectivity index (χ0n) is 17.0. The number of benzene rings is 2. The summed E-state index contributed by atoms with van der Waals surface area (Å²) in [5, 5.41) is 1.93. The van der Waals surface area contributed by atoms with Crippen molar-refractivity contribution in [3.8, 4) is 0 Å². The van der Waals surface area contributed by atoms with E-state index in [1.165, 1.54) is 4.31 Å². The van der Waals surface area contributed by atoms with Crippen LogP contribution >= 0.6 is 0 Å². The van der Waals surface area contributed by atoms with E-state index in [2.05, 4.69) is 0 Å². The molecular formula is C22H28N2O4S. The maximum absolute atomic E-state index is 13.1. The molecule has 0 N–H and O–H groups in total. The number of amides is 1. The summed E-state index contributed by atoms with van der Waals surface area (Å²) in [7, 11) is -3.56. The Bertz CT molecular complexity index is 989. The van der Waals surface area contributed by atoms with Gasteiger partial charge in [-0.15, -0.1) is 0 Å². The van der Waals surface area contributed by atoms with Crippen molar-refractivity contribution >= 4 is 26.7 Å². The maximum atomic E-state index is 13.1. The second kappa shape index (κ2) is 8.05. The largest absolute Gasteiger partial charge is 0.372 e. The Hall–Kier alpha value is -1.96. The third-order valence-corrected chi connectivity index (χ3v) is 7.79. The normalized spacial score (nSPS) is 24.7. The van der Waals surface area contributed by atoms with Crippen molar-refractivity contribution in [3.05, 3.63) is 42.5 Å². The Labute approximate surface area is 172 Å². The number of carbonyl (C=O) groups is 1. The summed E-state index contributed by atoms with van der Waals surface area (Å²) < 4.78 is 33.5. The van der Waals surface area contributed by atoms with Gasteiger partial charge in [-0.2, -0.15) is 4.31 Å². The van der Waals surface area contributed by atoms with Gasteiger partial charge in [0.2, 0.25) is 15.9 Å². The van der Waals surface area contributed by atoms with Gasteiger partial charge in [-0.05, 0) is 49.6 Å². The monoisotopic (exact) mass is 416 g/mol. The van der Waals surface area contributed by atoms with Gasteiger partial charge < -0.3 is 9.64 Å². The molecule has 4 rings (SSSR count). The first kappa shape index (κ1) is 20.3. The number of hydrogen-bond donors (Lipinski definition) is 0. The van der Waals surface area contributed by atoms with E-state index in [4.69, 9.17) is 4.74 Å². The fraction of sp³-hybridized carbons (Fsp3) is 0.500. The van der Waals surface area contributed by atoms with Crippen LogP contribution in [0.4, 0.5) is 0 Å². The van der Waals surface area contributed by atoms with Gasteiger partial charge in [0.1, 0.15) is 0 Å². The SMILES string of the molecule is CC1CN(C(=O)C2CCN(S(=O)(=O)c3ccc4ccccc4c3)CC2)CC(C)O1. The first-order valence-electron chi connectivity index (χ1n) is 10.3. The van der Waals surface area contributed by atoms with Gasteiger partial charge >= 0.3 is 0 Å². The van der Waals surface area contributed by atoms with Gasteiger partial charge in [0.15, 0.2) is 0 Å². The van der Waals surface area contributed by atoms with E-state index in [9.17, 15) is 13.2 Å². The summed E-state index contributed by atoms with van der Waals surface area (Å²) in [5.41, 5.74) is 0. The molecule has 2 aliphatic rings. The van der Waals surface area contributed by atoms with E-state index >= 15 is 0 Å². The van der Waals surface area contributed by atoms with E-state index in [0.717, 1.165) is 10.8 Å². The number of ether oxygens (including phenoxy) is 1. The molecule has 0 saturated carbocycles. The fourth-order valence-electron chi connectivity index (χ4n) is 4.44. The molecule has 29 heavy (non-hydrogen) atoms. The van der Waals surface area contributed by atoms with Crippen molar-refractivity contribution in [2.24, 2.45) is 5.92 Å². The zero-order valence-corrected chi connectivity index (χ0v) is 17.8.